The van der Waals surface area contributed by atoms with Crippen LogP contribution >= 0.6 is 0 Å². The van der Waals surface area contributed by atoms with Gasteiger partial charge < -0.3 is 4.74 Å². The summed E-state index contributed by atoms with van der Waals surface area (Å²) in [5.74, 6) is -0.240. The van der Waals surface area contributed by atoms with E-state index in [0.29, 0.717) is 0 Å². The van der Waals surface area contributed by atoms with E-state index in [0.717, 1.165) is 12.0 Å². The van der Waals surface area contributed by atoms with Crippen molar-refractivity contribution in [2.24, 2.45) is 22.7 Å². The molecule has 3 fully saturated rings. The summed E-state index contributed by atoms with van der Waals surface area (Å²) in [5.41, 5.74) is -0.420. The lowest BCUT2D eigenvalue weighted by Gasteiger charge is -2.60. The van der Waals surface area contributed by atoms with Gasteiger partial charge in [-0.25, -0.2) is 0 Å². The molecule has 3 aliphatic rings. The maximum Gasteiger partial charge on any atom is 0.323 e. The molecule has 3 aliphatic carbocycles. The summed E-state index contributed by atoms with van der Waals surface area (Å²) in [6.45, 7) is 9.78. The van der Waals surface area contributed by atoms with Gasteiger partial charge in [0.25, 0.3) is 0 Å². The Bertz CT molecular complexity index is 368. The van der Waals surface area contributed by atoms with E-state index in [4.69, 9.17) is 4.74 Å². The molecule has 0 aromatic carbocycles. The Morgan fingerprint density at radius 2 is 1.94 bits per heavy atom. The molecule has 0 unspecified atom stereocenters. The molecule has 3 saturated carbocycles. The zero-order valence-corrected chi connectivity index (χ0v) is 10.3. The van der Waals surface area contributed by atoms with Crippen molar-refractivity contribution >= 4 is 11.8 Å². The lowest BCUT2D eigenvalue weighted by Crippen LogP contribution is -2.63. The van der Waals surface area contributed by atoms with Gasteiger partial charge in [-0.15, -0.1) is 0 Å². The summed E-state index contributed by atoms with van der Waals surface area (Å²) >= 11 is 0. The maximum absolute atomic E-state index is 12.3. The molecule has 0 amide bonds. The van der Waals surface area contributed by atoms with Gasteiger partial charge in [-0.3, -0.25) is 9.59 Å². The third kappa shape index (κ3) is 0.989. The molecule has 3 rings (SSSR count). The zero-order chi connectivity index (χ0) is 12.3. The van der Waals surface area contributed by atoms with Crippen LogP contribution < -0.4 is 0 Å². The number of methoxy groups -OCH3 is 1. The van der Waals surface area contributed by atoms with E-state index < -0.39 is 11.4 Å². The van der Waals surface area contributed by atoms with Crippen LogP contribution in [0.3, 0.4) is 0 Å². The molecule has 0 aromatic heterocycles. The number of ether oxygens (including phenoxy) is 1. The Kier molecular flexibility index (Phi) is 2.10. The third-order valence-corrected chi connectivity index (χ3v) is 4.73. The van der Waals surface area contributed by atoms with E-state index >= 15 is 0 Å². The summed E-state index contributed by atoms with van der Waals surface area (Å²) < 4.78 is 4.75. The van der Waals surface area contributed by atoms with Crippen LogP contribution in [0.25, 0.3) is 0 Å². The first kappa shape index (κ1) is 11.4. The van der Waals surface area contributed by atoms with Gasteiger partial charge in [0, 0.05) is 5.92 Å². The molecular weight excluding hydrogens is 204 g/mol. The summed E-state index contributed by atoms with van der Waals surface area (Å²) in [4.78, 5) is 24.1. The van der Waals surface area contributed by atoms with E-state index in [-0.39, 0.29) is 23.0 Å². The number of fused-ring (bicyclic) bond motifs is 2. The van der Waals surface area contributed by atoms with Gasteiger partial charge >= 0.3 is 5.97 Å². The molecule has 0 saturated heterocycles. The molecule has 3 heteroatoms. The normalized spacial score (nSPS) is 40.2. The predicted molar refractivity (Wildman–Crippen MR) is 59.6 cm³/mol. The Morgan fingerprint density at radius 3 is 2.31 bits per heavy atom. The van der Waals surface area contributed by atoms with Crippen molar-refractivity contribution in [2.75, 3.05) is 7.11 Å². The molecule has 0 aromatic rings. The highest BCUT2D eigenvalue weighted by molar-refractivity contribution is 6.10. The zero-order valence-electron chi connectivity index (χ0n) is 10.3. The minimum atomic E-state index is -1.11. The number of rotatable bonds is 1. The molecule has 0 radical (unpaired) electrons. The Hall–Kier alpha value is -1.12. The third-order valence-electron chi connectivity index (χ3n) is 4.73. The fourth-order valence-electron chi connectivity index (χ4n) is 3.25. The van der Waals surface area contributed by atoms with Crippen LogP contribution in [-0.4, -0.2) is 18.9 Å². The lowest BCUT2D eigenvalue weighted by molar-refractivity contribution is -0.170. The van der Waals surface area contributed by atoms with E-state index in [1.165, 1.54) is 7.11 Å². The van der Waals surface area contributed by atoms with Crippen molar-refractivity contribution in [3.05, 3.63) is 12.2 Å². The largest absolute Gasteiger partial charge is 0.468 e. The molecule has 3 nitrogen and oxygen atoms in total. The van der Waals surface area contributed by atoms with E-state index in [1.54, 1.807) is 6.92 Å². The number of hydrogen-bond donors (Lipinski definition) is 0. The number of carbonyl (C=O) groups excluding carboxylic acids is 2. The van der Waals surface area contributed by atoms with Crippen LogP contribution in [0.1, 0.15) is 27.2 Å². The van der Waals surface area contributed by atoms with Crippen LogP contribution in [0.4, 0.5) is 0 Å². The van der Waals surface area contributed by atoms with Gasteiger partial charge in [-0.05, 0) is 30.3 Å². The Labute approximate surface area is 95.9 Å². The highest BCUT2D eigenvalue weighted by Gasteiger charge is 2.66. The second-order valence-electron chi connectivity index (χ2n) is 5.67. The van der Waals surface area contributed by atoms with Crippen LogP contribution in [0.5, 0.6) is 0 Å². The fraction of sp³-hybridized carbons (Fsp3) is 0.692. The molecule has 0 N–H and O–H groups in total. The van der Waals surface area contributed by atoms with E-state index in [1.807, 2.05) is 0 Å². The minimum absolute atomic E-state index is 0.0168. The first-order valence-corrected chi connectivity index (χ1v) is 5.60. The Morgan fingerprint density at radius 1 is 1.38 bits per heavy atom. The van der Waals surface area contributed by atoms with Gasteiger partial charge in [0.15, 0.2) is 5.78 Å². The predicted octanol–water partition coefficient (Wildman–Crippen LogP) is 1.97. The quantitative estimate of drug-likeness (QED) is 0.387. The number of Topliss-reactive ketones (excluding diaryl/α,β-unsaturated/α-hetero) is 1. The summed E-state index contributed by atoms with van der Waals surface area (Å²) in [6, 6.07) is 0. The second kappa shape index (κ2) is 2.96. The summed E-state index contributed by atoms with van der Waals surface area (Å²) in [5, 5.41) is 0. The van der Waals surface area contributed by atoms with Crippen molar-refractivity contribution in [1.82, 2.24) is 0 Å². The van der Waals surface area contributed by atoms with Crippen molar-refractivity contribution < 1.29 is 14.3 Å². The molecule has 0 heterocycles. The van der Waals surface area contributed by atoms with E-state index in [9.17, 15) is 9.59 Å². The summed E-state index contributed by atoms with van der Waals surface area (Å²) in [6.07, 6.45) is 0.844. The van der Waals surface area contributed by atoms with Gasteiger partial charge in [0.1, 0.15) is 5.41 Å². The fourth-order valence-corrected chi connectivity index (χ4v) is 3.25. The minimum Gasteiger partial charge on any atom is -0.468 e. The first-order valence-electron chi connectivity index (χ1n) is 5.60. The maximum atomic E-state index is 12.3. The average molecular weight is 222 g/mol. The summed E-state index contributed by atoms with van der Waals surface area (Å²) in [7, 11) is 1.32. The van der Waals surface area contributed by atoms with Crippen LogP contribution in [-0.2, 0) is 14.3 Å². The number of ketones is 1. The molecular formula is C13H18O3. The Balaban J connectivity index is 2.44. The standard InChI is InChI=1S/C13H18O3/c1-7-8-6-9(12(8,2)3)10(14)13(7,4)11(15)16-5/h8-9H,1,6H2,2-5H3/t8-,9+,13-/m0/s1. The van der Waals surface area contributed by atoms with Gasteiger partial charge in [-0.1, -0.05) is 20.4 Å². The SMILES string of the molecule is C=C1[C@@H]2C[C@H](C(=O)[C@@]1(C)C(=O)OC)C2(C)C. The highest BCUT2D eigenvalue weighted by Crippen LogP contribution is 2.64. The van der Waals surface area contributed by atoms with Crippen molar-refractivity contribution in [3.8, 4) is 0 Å². The monoisotopic (exact) mass is 222 g/mol. The second-order valence-corrected chi connectivity index (χ2v) is 5.67. The van der Waals surface area contributed by atoms with Gasteiger partial charge in [0.05, 0.1) is 7.11 Å². The smallest absolute Gasteiger partial charge is 0.323 e. The van der Waals surface area contributed by atoms with Crippen molar-refractivity contribution in [3.63, 3.8) is 0 Å². The van der Waals surface area contributed by atoms with Crippen molar-refractivity contribution in [2.45, 2.75) is 27.2 Å². The van der Waals surface area contributed by atoms with Crippen LogP contribution in [0, 0.1) is 22.7 Å². The van der Waals surface area contributed by atoms with Crippen molar-refractivity contribution in [1.29, 1.82) is 0 Å². The number of esters is 1. The first-order chi connectivity index (χ1) is 7.27. The lowest BCUT2D eigenvalue weighted by atomic mass is 9.41. The molecule has 0 aliphatic heterocycles. The molecule has 3 atom stereocenters. The van der Waals surface area contributed by atoms with E-state index in [2.05, 4.69) is 20.4 Å². The molecule has 88 valence electrons. The highest BCUT2D eigenvalue weighted by atomic mass is 16.5. The topological polar surface area (TPSA) is 43.4 Å². The van der Waals surface area contributed by atoms with Gasteiger partial charge in [0.2, 0.25) is 0 Å². The molecule has 2 bridgehead atoms. The molecule has 0 spiro atoms. The van der Waals surface area contributed by atoms with Crippen LogP contribution in [0.2, 0.25) is 0 Å². The number of hydrogen-bond acceptors (Lipinski definition) is 3. The average Bonchev–Trinajstić information content (AvgIpc) is 2.23. The van der Waals surface area contributed by atoms with Gasteiger partial charge in [-0.2, -0.15) is 0 Å². The number of carbonyl (C=O) groups is 2. The van der Waals surface area contributed by atoms with Crippen LogP contribution in [0.15, 0.2) is 12.2 Å². The molecule has 16 heavy (non-hydrogen) atoms.